The molecule has 0 saturated heterocycles. The number of primary amides is 1. The van der Waals surface area contributed by atoms with Gasteiger partial charge in [-0.05, 0) is 18.6 Å². The molecule has 0 bridgehead atoms. The fourth-order valence-corrected chi connectivity index (χ4v) is 1.92. The summed E-state index contributed by atoms with van der Waals surface area (Å²) in [6, 6.07) is 7.45. The lowest BCUT2D eigenvalue weighted by atomic mass is 10.1. The molecule has 2 rings (SSSR count). The highest BCUT2D eigenvalue weighted by Crippen LogP contribution is 2.20. The Bertz CT molecular complexity index is 504. The molecule has 2 aromatic rings. The number of benzene rings is 1. The van der Waals surface area contributed by atoms with E-state index in [-0.39, 0.29) is 11.9 Å². The summed E-state index contributed by atoms with van der Waals surface area (Å²) in [4.78, 5) is 15.7. The fourth-order valence-electron chi connectivity index (χ4n) is 1.92. The Labute approximate surface area is 94.1 Å². The first kappa shape index (κ1) is 10.7. The largest absolute Gasteiger partial charge is 0.368 e. The van der Waals surface area contributed by atoms with E-state index in [1.165, 1.54) is 0 Å². The number of rotatable bonds is 4. The second kappa shape index (κ2) is 4.35. The van der Waals surface area contributed by atoms with Gasteiger partial charge in [-0.1, -0.05) is 25.5 Å². The van der Waals surface area contributed by atoms with Crippen LogP contribution in [0.4, 0.5) is 0 Å². The summed E-state index contributed by atoms with van der Waals surface area (Å²) in [6.45, 7) is 2.04. The van der Waals surface area contributed by atoms with Gasteiger partial charge in [-0.15, -0.1) is 0 Å². The minimum atomic E-state index is -0.301. The zero-order valence-corrected chi connectivity index (χ0v) is 9.26. The van der Waals surface area contributed by atoms with Crippen molar-refractivity contribution in [2.24, 2.45) is 5.73 Å². The van der Waals surface area contributed by atoms with Crippen LogP contribution in [-0.4, -0.2) is 15.5 Å². The Morgan fingerprint density at radius 2 is 2.25 bits per heavy atom. The van der Waals surface area contributed by atoms with Crippen molar-refractivity contribution in [3.05, 3.63) is 30.6 Å². The fraction of sp³-hybridized carbons (Fsp3) is 0.333. The number of carbonyl (C=O) groups is 1. The molecular weight excluding hydrogens is 202 g/mol. The Hall–Kier alpha value is -1.84. The summed E-state index contributed by atoms with van der Waals surface area (Å²) < 4.78 is 1.86. The molecule has 0 radical (unpaired) electrons. The van der Waals surface area contributed by atoms with Crippen LogP contribution >= 0.6 is 0 Å². The standard InChI is InChI=1S/C12H15N3O/c1-2-5-11(12(13)16)15-8-14-9-6-3-4-7-10(9)15/h3-4,6-8,11H,2,5H2,1H3,(H2,13,16). The second-order valence-electron chi connectivity index (χ2n) is 3.85. The number of nitrogens with two attached hydrogens (primary N) is 1. The normalized spacial score (nSPS) is 12.8. The molecule has 4 heteroatoms. The van der Waals surface area contributed by atoms with E-state index in [1.807, 2.05) is 35.8 Å². The van der Waals surface area contributed by atoms with E-state index in [2.05, 4.69) is 4.98 Å². The first-order valence-corrected chi connectivity index (χ1v) is 5.45. The van der Waals surface area contributed by atoms with E-state index in [1.54, 1.807) is 6.33 Å². The van der Waals surface area contributed by atoms with Crippen molar-refractivity contribution in [2.45, 2.75) is 25.8 Å². The van der Waals surface area contributed by atoms with Gasteiger partial charge in [0.15, 0.2) is 0 Å². The van der Waals surface area contributed by atoms with Gasteiger partial charge in [-0.2, -0.15) is 0 Å². The van der Waals surface area contributed by atoms with Crippen molar-refractivity contribution in [1.29, 1.82) is 0 Å². The van der Waals surface area contributed by atoms with Gasteiger partial charge >= 0.3 is 0 Å². The molecule has 0 aliphatic carbocycles. The van der Waals surface area contributed by atoms with Gasteiger partial charge in [0, 0.05) is 0 Å². The quantitative estimate of drug-likeness (QED) is 0.849. The van der Waals surface area contributed by atoms with Crippen molar-refractivity contribution < 1.29 is 4.79 Å². The second-order valence-corrected chi connectivity index (χ2v) is 3.85. The zero-order valence-electron chi connectivity index (χ0n) is 9.26. The Morgan fingerprint density at radius 1 is 1.50 bits per heavy atom. The van der Waals surface area contributed by atoms with Gasteiger partial charge in [0.1, 0.15) is 6.04 Å². The molecule has 2 N–H and O–H groups in total. The van der Waals surface area contributed by atoms with Crippen LogP contribution in [0.25, 0.3) is 11.0 Å². The van der Waals surface area contributed by atoms with Crippen molar-refractivity contribution in [3.8, 4) is 0 Å². The van der Waals surface area contributed by atoms with Crippen LogP contribution in [0, 0.1) is 0 Å². The first-order valence-electron chi connectivity index (χ1n) is 5.45. The van der Waals surface area contributed by atoms with Crippen LogP contribution in [0.5, 0.6) is 0 Å². The van der Waals surface area contributed by atoms with Crippen LogP contribution in [0.2, 0.25) is 0 Å². The highest BCUT2D eigenvalue weighted by molar-refractivity contribution is 5.82. The summed E-state index contributed by atoms with van der Waals surface area (Å²) in [7, 11) is 0. The smallest absolute Gasteiger partial charge is 0.240 e. The van der Waals surface area contributed by atoms with Crippen LogP contribution in [-0.2, 0) is 4.79 Å². The van der Waals surface area contributed by atoms with Crippen molar-refractivity contribution in [3.63, 3.8) is 0 Å². The molecule has 1 aromatic carbocycles. The first-order chi connectivity index (χ1) is 7.74. The average Bonchev–Trinajstić information content (AvgIpc) is 2.69. The van der Waals surface area contributed by atoms with E-state index < -0.39 is 0 Å². The number of imidazole rings is 1. The van der Waals surface area contributed by atoms with Gasteiger partial charge < -0.3 is 10.3 Å². The van der Waals surface area contributed by atoms with Crippen LogP contribution in [0.3, 0.4) is 0 Å². The van der Waals surface area contributed by atoms with Gasteiger partial charge in [-0.3, -0.25) is 4.79 Å². The summed E-state index contributed by atoms with van der Waals surface area (Å²) in [6.07, 6.45) is 3.35. The van der Waals surface area contributed by atoms with E-state index in [9.17, 15) is 4.79 Å². The SMILES string of the molecule is CCCC(C(N)=O)n1cnc2ccccc21. The number of para-hydroxylation sites is 2. The number of fused-ring (bicyclic) bond motifs is 1. The Kier molecular flexibility index (Phi) is 2.90. The molecule has 1 unspecified atom stereocenters. The number of amides is 1. The summed E-state index contributed by atoms with van der Waals surface area (Å²) in [5.41, 5.74) is 7.27. The molecule has 0 fully saturated rings. The molecular formula is C12H15N3O. The molecule has 0 saturated carbocycles. The lowest BCUT2D eigenvalue weighted by Gasteiger charge is -2.14. The van der Waals surface area contributed by atoms with E-state index >= 15 is 0 Å². The number of carbonyl (C=O) groups excluding carboxylic acids is 1. The summed E-state index contributed by atoms with van der Waals surface area (Å²) in [5, 5.41) is 0. The number of hydrogen-bond acceptors (Lipinski definition) is 2. The van der Waals surface area contributed by atoms with Gasteiger partial charge in [0.2, 0.25) is 5.91 Å². The number of nitrogens with zero attached hydrogens (tertiary/aromatic N) is 2. The zero-order chi connectivity index (χ0) is 11.5. The van der Waals surface area contributed by atoms with Crippen LogP contribution in [0.1, 0.15) is 25.8 Å². The Morgan fingerprint density at radius 3 is 2.94 bits per heavy atom. The molecule has 0 spiro atoms. The molecule has 1 aromatic heterocycles. The van der Waals surface area contributed by atoms with Crippen LogP contribution < -0.4 is 5.73 Å². The highest BCUT2D eigenvalue weighted by atomic mass is 16.1. The lowest BCUT2D eigenvalue weighted by Crippen LogP contribution is -2.25. The molecule has 1 atom stereocenters. The maximum atomic E-state index is 11.4. The van der Waals surface area contributed by atoms with Crippen molar-refractivity contribution in [1.82, 2.24) is 9.55 Å². The van der Waals surface area contributed by atoms with Crippen molar-refractivity contribution >= 4 is 16.9 Å². The Balaban J connectivity index is 2.48. The van der Waals surface area contributed by atoms with Gasteiger partial charge in [-0.25, -0.2) is 4.98 Å². The minimum absolute atomic E-state index is 0.294. The van der Waals surface area contributed by atoms with E-state index in [4.69, 9.17) is 5.73 Å². The van der Waals surface area contributed by atoms with E-state index in [0.717, 1.165) is 23.9 Å². The summed E-state index contributed by atoms with van der Waals surface area (Å²) >= 11 is 0. The number of hydrogen-bond donors (Lipinski definition) is 1. The highest BCUT2D eigenvalue weighted by Gasteiger charge is 2.18. The van der Waals surface area contributed by atoms with Gasteiger partial charge in [0.05, 0.1) is 17.4 Å². The lowest BCUT2D eigenvalue weighted by molar-refractivity contribution is -0.121. The molecule has 0 aliphatic heterocycles. The molecule has 1 amide bonds. The maximum absolute atomic E-state index is 11.4. The molecule has 84 valence electrons. The van der Waals surface area contributed by atoms with Crippen molar-refractivity contribution in [2.75, 3.05) is 0 Å². The third-order valence-electron chi connectivity index (χ3n) is 2.71. The third-order valence-corrected chi connectivity index (χ3v) is 2.71. The predicted octanol–water partition coefficient (Wildman–Crippen LogP) is 1.86. The topological polar surface area (TPSA) is 60.9 Å². The molecule has 0 aliphatic rings. The molecule has 4 nitrogen and oxygen atoms in total. The third kappa shape index (κ3) is 1.78. The average molecular weight is 217 g/mol. The van der Waals surface area contributed by atoms with E-state index in [0.29, 0.717) is 0 Å². The van der Waals surface area contributed by atoms with Crippen LogP contribution in [0.15, 0.2) is 30.6 Å². The number of aromatic nitrogens is 2. The molecule has 16 heavy (non-hydrogen) atoms. The minimum Gasteiger partial charge on any atom is -0.368 e. The monoisotopic (exact) mass is 217 g/mol. The molecule has 1 heterocycles. The van der Waals surface area contributed by atoms with Gasteiger partial charge in [0.25, 0.3) is 0 Å². The predicted molar refractivity (Wildman–Crippen MR) is 62.9 cm³/mol. The summed E-state index contributed by atoms with van der Waals surface area (Å²) in [5.74, 6) is -0.301. The maximum Gasteiger partial charge on any atom is 0.240 e.